The lowest BCUT2D eigenvalue weighted by Gasteiger charge is -2.13. The Kier molecular flexibility index (Phi) is 4.14. The minimum atomic E-state index is 0.510. The van der Waals surface area contributed by atoms with Gasteiger partial charge in [-0.3, -0.25) is 0 Å². The molecule has 0 atom stereocenters. The maximum Gasteiger partial charge on any atom is 0.122 e. The van der Waals surface area contributed by atoms with Crippen molar-refractivity contribution in [2.75, 3.05) is 5.73 Å². The Balaban J connectivity index is 2.38. The lowest BCUT2D eigenvalue weighted by molar-refractivity contribution is 0.604. The summed E-state index contributed by atoms with van der Waals surface area (Å²) in [6.07, 6.45) is 0.888. The third-order valence-corrected chi connectivity index (χ3v) is 3.42. The zero-order valence-corrected chi connectivity index (χ0v) is 12.4. The minimum absolute atomic E-state index is 0.510. The molecule has 0 unspecified atom stereocenters. The number of hydrogen-bond acceptors (Lipinski definition) is 2. The van der Waals surface area contributed by atoms with Crippen LogP contribution in [0.25, 0.3) is 0 Å². The van der Waals surface area contributed by atoms with E-state index in [1.54, 1.807) is 6.07 Å². The molecule has 0 spiro atoms. The molecule has 1 heterocycles. The van der Waals surface area contributed by atoms with Crippen molar-refractivity contribution in [1.29, 1.82) is 5.26 Å². The van der Waals surface area contributed by atoms with Crippen molar-refractivity contribution in [2.45, 2.75) is 33.7 Å². The van der Waals surface area contributed by atoms with Crippen LogP contribution in [0, 0.1) is 24.2 Å². The number of hydrogen-bond donors (Lipinski definition) is 1. The number of aryl methyl sites for hydroxylation is 1. The minimum Gasteiger partial charge on any atom is -0.397 e. The molecule has 0 saturated carbocycles. The van der Waals surface area contributed by atoms with Gasteiger partial charge in [-0.05, 0) is 30.9 Å². The zero-order valence-electron chi connectivity index (χ0n) is 12.4. The normalized spacial score (nSPS) is 10.8. The molecule has 0 aliphatic carbocycles. The quantitative estimate of drug-likeness (QED) is 0.921. The molecule has 3 heteroatoms. The topological polar surface area (TPSA) is 54.7 Å². The standard InChI is InChI=1S/C17H21N3/c1-12(2)8-17-16(19)9-15(10-18)20(17)11-14-6-4-13(3)5-7-14/h4-7,9,12H,8,11,19H2,1-3H3. The lowest BCUT2D eigenvalue weighted by atomic mass is 10.1. The number of nitrogens with zero attached hydrogens (tertiary/aromatic N) is 2. The number of nitriles is 1. The summed E-state index contributed by atoms with van der Waals surface area (Å²) in [5.74, 6) is 0.510. The molecular formula is C17H21N3. The third-order valence-electron chi connectivity index (χ3n) is 3.42. The number of anilines is 1. The summed E-state index contributed by atoms with van der Waals surface area (Å²) >= 11 is 0. The van der Waals surface area contributed by atoms with Gasteiger partial charge < -0.3 is 10.3 Å². The van der Waals surface area contributed by atoms with Crippen LogP contribution in [0.1, 0.15) is 36.4 Å². The van der Waals surface area contributed by atoms with Gasteiger partial charge in [0.1, 0.15) is 11.8 Å². The van der Waals surface area contributed by atoms with Gasteiger partial charge in [0, 0.05) is 12.2 Å². The molecule has 0 amide bonds. The molecule has 2 N–H and O–H groups in total. The highest BCUT2D eigenvalue weighted by atomic mass is 15.0. The summed E-state index contributed by atoms with van der Waals surface area (Å²) in [5.41, 5.74) is 10.9. The molecule has 3 nitrogen and oxygen atoms in total. The second-order valence-electron chi connectivity index (χ2n) is 5.71. The van der Waals surface area contributed by atoms with Crippen LogP contribution < -0.4 is 5.73 Å². The summed E-state index contributed by atoms with van der Waals surface area (Å²) in [5, 5.41) is 9.29. The molecule has 20 heavy (non-hydrogen) atoms. The maximum absolute atomic E-state index is 9.29. The molecular weight excluding hydrogens is 246 g/mol. The smallest absolute Gasteiger partial charge is 0.122 e. The van der Waals surface area contributed by atoms with E-state index in [1.807, 2.05) is 4.57 Å². The fourth-order valence-electron chi connectivity index (χ4n) is 2.37. The second-order valence-corrected chi connectivity index (χ2v) is 5.71. The third kappa shape index (κ3) is 3.03. The molecule has 0 radical (unpaired) electrons. The Morgan fingerprint density at radius 2 is 1.90 bits per heavy atom. The Labute approximate surface area is 120 Å². The van der Waals surface area contributed by atoms with E-state index < -0.39 is 0 Å². The molecule has 2 rings (SSSR count). The van der Waals surface area contributed by atoms with Gasteiger partial charge in [0.15, 0.2) is 0 Å². The van der Waals surface area contributed by atoms with E-state index in [2.05, 4.69) is 51.1 Å². The first-order valence-electron chi connectivity index (χ1n) is 6.94. The van der Waals surface area contributed by atoms with E-state index in [1.165, 1.54) is 11.1 Å². The lowest BCUT2D eigenvalue weighted by Crippen LogP contribution is -2.10. The van der Waals surface area contributed by atoms with Crippen molar-refractivity contribution in [3.63, 3.8) is 0 Å². The van der Waals surface area contributed by atoms with Gasteiger partial charge in [-0.15, -0.1) is 0 Å². The fourth-order valence-corrected chi connectivity index (χ4v) is 2.37. The molecule has 0 bridgehead atoms. The van der Waals surface area contributed by atoms with Crippen molar-refractivity contribution in [2.24, 2.45) is 5.92 Å². The number of benzene rings is 1. The van der Waals surface area contributed by atoms with Crippen LogP contribution in [-0.4, -0.2) is 4.57 Å². The first-order chi connectivity index (χ1) is 9.51. The van der Waals surface area contributed by atoms with Crippen molar-refractivity contribution in [3.8, 4) is 6.07 Å². The van der Waals surface area contributed by atoms with Gasteiger partial charge in [-0.25, -0.2) is 0 Å². The van der Waals surface area contributed by atoms with E-state index in [9.17, 15) is 5.26 Å². The summed E-state index contributed by atoms with van der Waals surface area (Å²) < 4.78 is 2.04. The predicted octanol–water partition coefficient (Wildman–Crippen LogP) is 3.50. The van der Waals surface area contributed by atoms with Gasteiger partial charge in [0.25, 0.3) is 0 Å². The van der Waals surface area contributed by atoms with Crippen LogP contribution in [-0.2, 0) is 13.0 Å². The van der Waals surface area contributed by atoms with Gasteiger partial charge in [-0.2, -0.15) is 5.26 Å². The van der Waals surface area contributed by atoms with E-state index in [0.717, 1.165) is 17.8 Å². The highest BCUT2D eigenvalue weighted by molar-refractivity contribution is 5.51. The van der Waals surface area contributed by atoms with E-state index in [4.69, 9.17) is 5.73 Å². The van der Waals surface area contributed by atoms with Gasteiger partial charge >= 0.3 is 0 Å². The summed E-state index contributed by atoms with van der Waals surface area (Å²) in [6.45, 7) is 7.09. The van der Waals surface area contributed by atoms with Crippen molar-refractivity contribution in [3.05, 3.63) is 52.8 Å². The molecule has 0 aliphatic rings. The van der Waals surface area contributed by atoms with Crippen LogP contribution in [0.2, 0.25) is 0 Å². The number of nitrogens with two attached hydrogens (primary N) is 1. The number of aromatic nitrogens is 1. The van der Waals surface area contributed by atoms with Gasteiger partial charge in [0.2, 0.25) is 0 Å². The van der Waals surface area contributed by atoms with Crippen molar-refractivity contribution < 1.29 is 0 Å². The summed E-state index contributed by atoms with van der Waals surface area (Å²) in [4.78, 5) is 0. The van der Waals surface area contributed by atoms with Crippen LogP contribution in [0.4, 0.5) is 5.69 Å². The van der Waals surface area contributed by atoms with Crippen LogP contribution >= 0.6 is 0 Å². The number of nitrogen functional groups attached to an aromatic ring is 1. The van der Waals surface area contributed by atoms with E-state index in [-0.39, 0.29) is 0 Å². The molecule has 0 fully saturated rings. The molecule has 0 saturated heterocycles. The molecule has 1 aromatic heterocycles. The maximum atomic E-state index is 9.29. The summed E-state index contributed by atoms with van der Waals surface area (Å²) in [7, 11) is 0. The van der Waals surface area contributed by atoms with Gasteiger partial charge in [0.05, 0.1) is 5.69 Å². The van der Waals surface area contributed by atoms with Crippen LogP contribution in [0.3, 0.4) is 0 Å². The highest BCUT2D eigenvalue weighted by Gasteiger charge is 2.14. The largest absolute Gasteiger partial charge is 0.397 e. The zero-order chi connectivity index (χ0) is 14.7. The molecule has 0 aliphatic heterocycles. The first-order valence-corrected chi connectivity index (χ1v) is 6.94. The van der Waals surface area contributed by atoms with Crippen LogP contribution in [0.5, 0.6) is 0 Å². The molecule has 104 valence electrons. The average Bonchev–Trinajstić information content (AvgIpc) is 2.69. The van der Waals surface area contributed by atoms with Crippen molar-refractivity contribution in [1.82, 2.24) is 4.57 Å². The predicted molar refractivity (Wildman–Crippen MR) is 82.4 cm³/mol. The number of rotatable bonds is 4. The fraction of sp³-hybridized carbons (Fsp3) is 0.353. The van der Waals surface area contributed by atoms with Gasteiger partial charge in [-0.1, -0.05) is 43.7 Å². The highest BCUT2D eigenvalue weighted by Crippen LogP contribution is 2.23. The Bertz CT molecular complexity index is 627. The SMILES string of the molecule is Cc1ccc(Cn2c(C#N)cc(N)c2CC(C)C)cc1. The van der Waals surface area contributed by atoms with Crippen molar-refractivity contribution >= 4 is 5.69 Å². The van der Waals surface area contributed by atoms with Crippen LogP contribution in [0.15, 0.2) is 30.3 Å². The second kappa shape index (κ2) is 5.83. The molecule has 2 aromatic rings. The Hall–Kier alpha value is -2.21. The Morgan fingerprint density at radius 3 is 2.45 bits per heavy atom. The van der Waals surface area contributed by atoms with E-state index >= 15 is 0 Å². The summed E-state index contributed by atoms with van der Waals surface area (Å²) in [6, 6.07) is 12.4. The monoisotopic (exact) mass is 267 g/mol. The Morgan fingerprint density at radius 1 is 1.25 bits per heavy atom. The first kappa shape index (κ1) is 14.2. The average molecular weight is 267 g/mol. The van der Waals surface area contributed by atoms with E-state index in [0.29, 0.717) is 18.2 Å². The molecule has 1 aromatic carbocycles.